The summed E-state index contributed by atoms with van der Waals surface area (Å²) in [4.78, 5) is 4.82. The lowest BCUT2D eigenvalue weighted by molar-refractivity contribution is 0.322. The number of rotatable bonds is 1. The molecule has 0 aliphatic heterocycles. The van der Waals surface area contributed by atoms with E-state index in [-0.39, 0.29) is 12.4 Å². The SMILES string of the molecule is Cl.O/N=C\c1sccc1C#Cc1cccnc1. The van der Waals surface area contributed by atoms with Gasteiger partial charge in [-0.2, -0.15) is 0 Å². The molecule has 2 heterocycles. The van der Waals surface area contributed by atoms with Crippen LogP contribution >= 0.6 is 23.7 Å². The number of pyridine rings is 1. The highest BCUT2D eigenvalue weighted by Gasteiger charge is 1.97. The van der Waals surface area contributed by atoms with Crippen LogP contribution in [0.4, 0.5) is 0 Å². The quantitative estimate of drug-likeness (QED) is 0.373. The van der Waals surface area contributed by atoms with Gasteiger partial charge in [0.25, 0.3) is 0 Å². The molecule has 2 rings (SSSR count). The maximum atomic E-state index is 8.47. The molecule has 0 aliphatic carbocycles. The smallest absolute Gasteiger partial charge is 0.0846 e. The van der Waals surface area contributed by atoms with E-state index in [1.54, 1.807) is 12.4 Å². The number of hydrogen-bond donors (Lipinski definition) is 1. The van der Waals surface area contributed by atoms with Gasteiger partial charge in [-0.3, -0.25) is 4.98 Å². The highest BCUT2D eigenvalue weighted by molar-refractivity contribution is 7.12. The molecule has 0 fully saturated rings. The second kappa shape index (κ2) is 6.69. The standard InChI is InChI=1S/C12H8N2OS.ClH/c15-14-9-12-11(5-7-16-12)4-3-10-2-1-6-13-8-10;/h1-2,5-9,15H;1H/b14-9-;. The Hall–Kier alpha value is -1.83. The van der Waals surface area contributed by atoms with Gasteiger partial charge in [0.2, 0.25) is 0 Å². The highest BCUT2D eigenvalue weighted by Crippen LogP contribution is 2.13. The summed E-state index contributed by atoms with van der Waals surface area (Å²) >= 11 is 1.48. The van der Waals surface area contributed by atoms with Crippen molar-refractivity contribution in [3.63, 3.8) is 0 Å². The van der Waals surface area contributed by atoms with E-state index in [1.807, 2.05) is 23.6 Å². The first-order valence-electron chi connectivity index (χ1n) is 4.57. The van der Waals surface area contributed by atoms with Crippen molar-refractivity contribution in [2.24, 2.45) is 5.16 Å². The van der Waals surface area contributed by atoms with Crippen LogP contribution in [-0.2, 0) is 0 Å². The predicted molar refractivity (Wildman–Crippen MR) is 71.2 cm³/mol. The van der Waals surface area contributed by atoms with Gasteiger partial charge in [-0.15, -0.1) is 23.7 Å². The molecule has 1 N–H and O–H groups in total. The molecule has 0 amide bonds. The molecule has 0 saturated heterocycles. The molecule has 0 saturated carbocycles. The van der Waals surface area contributed by atoms with Gasteiger partial charge in [-0.05, 0) is 23.6 Å². The minimum absolute atomic E-state index is 0. The van der Waals surface area contributed by atoms with E-state index < -0.39 is 0 Å². The molecule has 0 bridgehead atoms. The molecule has 0 unspecified atom stereocenters. The maximum Gasteiger partial charge on any atom is 0.0846 e. The number of thiophene rings is 1. The summed E-state index contributed by atoms with van der Waals surface area (Å²) in [6.45, 7) is 0. The van der Waals surface area contributed by atoms with Crippen molar-refractivity contribution in [3.05, 3.63) is 52.0 Å². The van der Waals surface area contributed by atoms with Crippen LogP contribution < -0.4 is 0 Å². The van der Waals surface area contributed by atoms with Gasteiger partial charge in [-0.25, -0.2) is 0 Å². The molecule has 0 aliphatic rings. The normalized spacial score (nSPS) is 9.41. The average Bonchev–Trinajstić information content (AvgIpc) is 2.76. The summed E-state index contributed by atoms with van der Waals surface area (Å²) in [5, 5.41) is 13.4. The lowest BCUT2D eigenvalue weighted by atomic mass is 10.2. The van der Waals surface area contributed by atoms with E-state index in [1.165, 1.54) is 17.6 Å². The Labute approximate surface area is 109 Å². The Morgan fingerprint density at radius 1 is 1.35 bits per heavy atom. The molecule has 0 radical (unpaired) electrons. The van der Waals surface area contributed by atoms with Gasteiger partial charge < -0.3 is 5.21 Å². The van der Waals surface area contributed by atoms with Gasteiger partial charge in [0.05, 0.1) is 11.1 Å². The van der Waals surface area contributed by atoms with Crippen molar-refractivity contribution in [1.82, 2.24) is 4.98 Å². The van der Waals surface area contributed by atoms with Crippen LogP contribution in [0.3, 0.4) is 0 Å². The van der Waals surface area contributed by atoms with Crippen LogP contribution in [0, 0.1) is 11.8 Å². The molecule has 0 aromatic carbocycles. The van der Waals surface area contributed by atoms with Gasteiger partial charge >= 0.3 is 0 Å². The molecular formula is C12H9ClN2OS. The molecule has 0 atom stereocenters. The van der Waals surface area contributed by atoms with Crippen molar-refractivity contribution in [2.75, 3.05) is 0 Å². The Bertz CT molecular complexity index is 555. The number of hydrogen-bond acceptors (Lipinski definition) is 4. The maximum absolute atomic E-state index is 8.47. The first kappa shape index (κ1) is 13.2. The zero-order valence-electron chi connectivity index (χ0n) is 8.70. The zero-order valence-corrected chi connectivity index (χ0v) is 10.3. The molecule has 3 nitrogen and oxygen atoms in total. The van der Waals surface area contributed by atoms with Crippen molar-refractivity contribution in [1.29, 1.82) is 0 Å². The fourth-order valence-corrected chi connectivity index (χ4v) is 1.86. The Morgan fingerprint density at radius 2 is 2.24 bits per heavy atom. The molecule has 2 aromatic heterocycles. The molecular weight excluding hydrogens is 256 g/mol. The number of oxime groups is 1. The average molecular weight is 265 g/mol. The number of aromatic nitrogens is 1. The summed E-state index contributed by atoms with van der Waals surface area (Å²) < 4.78 is 0. The van der Waals surface area contributed by atoms with E-state index in [0.29, 0.717) is 0 Å². The third kappa shape index (κ3) is 3.59. The Balaban J connectivity index is 0.00000144. The van der Waals surface area contributed by atoms with E-state index in [9.17, 15) is 0 Å². The molecule has 17 heavy (non-hydrogen) atoms. The van der Waals surface area contributed by atoms with Crippen molar-refractivity contribution < 1.29 is 5.21 Å². The minimum atomic E-state index is 0. The van der Waals surface area contributed by atoms with E-state index in [4.69, 9.17) is 5.21 Å². The van der Waals surface area contributed by atoms with Crippen LogP contribution in [0.1, 0.15) is 16.0 Å². The molecule has 5 heteroatoms. The largest absolute Gasteiger partial charge is 0.411 e. The van der Waals surface area contributed by atoms with Crippen LogP contribution in [0.25, 0.3) is 0 Å². The third-order valence-corrected chi connectivity index (χ3v) is 2.72. The third-order valence-electron chi connectivity index (χ3n) is 1.87. The Kier molecular flexibility index (Phi) is 5.21. The van der Waals surface area contributed by atoms with Gasteiger partial charge in [0.15, 0.2) is 0 Å². The number of halogens is 1. The number of nitrogens with zero attached hydrogens (tertiary/aromatic N) is 2. The van der Waals surface area contributed by atoms with E-state index >= 15 is 0 Å². The predicted octanol–water partition coefficient (Wildman–Crippen LogP) is 2.77. The van der Waals surface area contributed by atoms with Crippen LogP contribution in [0.5, 0.6) is 0 Å². The van der Waals surface area contributed by atoms with Crippen LogP contribution in [-0.4, -0.2) is 16.4 Å². The summed E-state index contributed by atoms with van der Waals surface area (Å²) in [6.07, 6.45) is 4.80. The first-order chi connectivity index (χ1) is 7.90. The summed E-state index contributed by atoms with van der Waals surface area (Å²) in [7, 11) is 0. The van der Waals surface area contributed by atoms with E-state index in [0.717, 1.165) is 16.0 Å². The fourth-order valence-electron chi connectivity index (χ4n) is 1.15. The van der Waals surface area contributed by atoms with Gasteiger partial charge in [0, 0.05) is 23.5 Å². The lowest BCUT2D eigenvalue weighted by Gasteiger charge is -1.87. The summed E-state index contributed by atoms with van der Waals surface area (Å²) in [6, 6.07) is 5.63. The van der Waals surface area contributed by atoms with Crippen molar-refractivity contribution >= 4 is 30.0 Å². The van der Waals surface area contributed by atoms with E-state index in [2.05, 4.69) is 22.0 Å². The fraction of sp³-hybridized carbons (Fsp3) is 0. The van der Waals surface area contributed by atoms with Crippen LogP contribution in [0.2, 0.25) is 0 Å². The summed E-state index contributed by atoms with van der Waals surface area (Å²) in [5.41, 5.74) is 1.72. The van der Waals surface area contributed by atoms with Gasteiger partial charge in [-0.1, -0.05) is 17.0 Å². The minimum Gasteiger partial charge on any atom is -0.411 e. The second-order valence-electron chi connectivity index (χ2n) is 2.93. The topological polar surface area (TPSA) is 45.5 Å². The molecule has 0 spiro atoms. The summed E-state index contributed by atoms with van der Waals surface area (Å²) in [5.74, 6) is 6.01. The van der Waals surface area contributed by atoms with Crippen molar-refractivity contribution in [3.8, 4) is 11.8 Å². The lowest BCUT2D eigenvalue weighted by Crippen LogP contribution is -1.80. The molecule has 86 valence electrons. The molecule has 2 aromatic rings. The van der Waals surface area contributed by atoms with Crippen LogP contribution in [0.15, 0.2) is 41.1 Å². The van der Waals surface area contributed by atoms with Crippen molar-refractivity contribution in [2.45, 2.75) is 0 Å². The second-order valence-corrected chi connectivity index (χ2v) is 3.88. The highest BCUT2D eigenvalue weighted by atomic mass is 35.5. The van der Waals surface area contributed by atoms with Gasteiger partial charge in [0.1, 0.15) is 0 Å². The first-order valence-corrected chi connectivity index (χ1v) is 5.45. The Morgan fingerprint density at radius 3 is 2.94 bits per heavy atom. The monoisotopic (exact) mass is 264 g/mol. The zero-order chi connectivity index (χ0) is 11.2.